The maximum atomic E-state index is 5.18. The minimum Gasteiger partial charge on any atom is -0.493 e. The fourth-order valence-corrected chi connectivity index (χ4v) is 1.02. The molecule has 0 atom stereocenters. The Morgan fingerprint density at radius 2 is 2.08 bits per heavy atom. The highest BCUT2D eigenvalue weighted by molar-refractivity contribution is 5.52. The van der Waals surface area contributed by atoms with Gasteiger partial charge in [0.25, 0.3) is 0 Å². The maximum Gasteiger partial charge on any atom is 0.170 e. The molecule has 0 amide bonds. The lowest BCUT2D eigenvalue weighted by Gasteiger charge is -2.14. The summed E-state index contributed by atoms with van der Waals surface area (Å²) >= 11 is 0. The van der Waals surface area contributed by atoms with Crippen molar-refractivity contribution in [3.63, 3.8) is 0 Å². The van der Waals surface area contributed by atoms with Crippen molar-refractivity contribution < 1.29 is 4.74 Å². The average Bonchev–Trinajstić information content (AvgIpc) is 2.03. The van der Waals surface area contributed by atoms with Crippen molar-refractivity contribution in [1.29, 1.82) is 0 Å². The van der Waals surface area contributed by atoms with E-state index in [9.17, 15) is 0 Å². The van der Waals surface area contributed by atoms with E-state index in [0.29, 0.717) is 0 Å². The molecule has 0 unspecified atom stereocenters. The zero-order valence-corrected chi connectivity index (χ0v) is 7.96. The number of anilines is 1. The molecule has 0 radical (unpaired) electrons. The molecule has 1 heterocycles. The van der Waals surface area contributed by atoms with Crippen molar-refractivity contribution in [2.75, 3.05) is 26.1 Å². The molecular formula is C9H14N2O. The van der Waals surface area contributed by atoms with Gasteiger partial charge in [-0.25, -0.2) is 4.98 Å². The number of hydrogen-bond acceptors (Lipinski definition) is 3. The average molecular weight is 166 g/mol. The van der Waals surface area contributed by atoms with Crippen LogP contribution in [-0.4, -0.2) is 26.2 Å². The van der Waals surface area contributed by atoms with Crippen LogP contribution in [0.4, 0.5) is 5.82 Å². The maximum absolute atomic E-state index is 5.18. The SMILES string of the molecule is COc1cc(C)cnc1N(C)C. The quantitative estimate of drug-likeness (QED) is 0.665. The summed E-state index contributed by atoms with van der Waals surface area (Å²) in [5.74, 6) is 1.68. The fraction of sp³-hybridized carbons (Fsp3) is 0.444. The lowest BCUT2D eigenvalue weighted by molar-refractivity contribution is 0.413. The molecule has 0 spiro atoms. The monoisotopic (exact) mass is 166 g/mol. The van der Waals surface area contributed by atoms with Gasteiger partial charge in [-0.1, -0.05) is 0 Å². The molecule has 0 aliphatic heterocycles. The summed E-state index contributed by atoms with van der Waals surface area (Å²) < 4.78 is 5.18. The minimum atomic E-state index is 0.819. The molecule has 0 N–H and O–H groups in total. The lowest BCUT2D eigenvalue weighted by atomic mass is 10.3. The van der Waals surface area contributed by atoms with Crippen LogP contribution >= 0.6 is 0 Å². The van der Waals surface area contributed by atoms with Gasteiger partial charge in [0.05, 0.1) is 7.11 Å². The molecule has 1 aromatic rings. The van der Waals surface area contributed by atoms with E-state index in [0.717, 1.165) is 17.1 Å². The predicted octanol–water partition coefficient (Wildman–Crippen LogP) is 1.46. The molecule has 66 valence electrons. The van der Waals surface area contributed by atoms with Crippen LogP contribution in [0.25, 0.3) is 0 Å². The van der Waals surface area contributed by atoms with Crippen LogP contribution in [0.1, 0.15) is 5.56 Å². The van der Waals surface area contributed by atoms with E-state index < -0.39 is 0 Å². The van der Waals surface area contributed by atoms with Crippen LogP contribution in [0.3, 0.4) is 0 Å². The van der Waals surface area contributed by atoms with Gasteiger partial charge >= 0.3 is 0 Å². The van der Waals surface area contributed by atoms with E-state index in [1.165, 1.54) is 0 Å². The number of nitrogens with zero attached hydrogens (tertiary/aromatic N) is 2. The first kappa shape index (κ1) is 8.84. The summed E-state index contributed by atoms with van der Waals surface area (Å²) in [6.07, 6.45) is 1.83. The second-order valence-electron chi connectivity index (χ2n) is 2.93. The Hall–Kier alpha value is -1.25. The lowest BCUT2D eigenvalue weighted by Crippen LogP contribution is -2.11. The summed E-state index contributed by atoms with van der Waals surface area (Å²) in [7, 11) is 5.55. The van der Waals surface area contributed by atoms with Gasteiger partial charge in [0.2, 0.25) is 0 Å². The molecule has 0 aliphatic carbocycles. The number of rotatable bonds is 2. The summed E-state index contributed by atoms with van der Waals surface area (Å²) in [5, 5.41) is 0. The number of aromatic nitrogens is 1. The number of ether oxygens (including phenoxy) is 1. The third kappa shape index (κ3) is 1.67. The van der Waals surface area contributed by atoms with Gasteiger partial charge in [0.1, 0.15) is 0 Å². The molecule has 0 saturated heterocycles. The van der Waals surface area contributed by atoms with Crippen LogP contribution < -0.4 is 9.64 Å². The zero-order chi connectivity index (χ0) is 9.14. The Kier molecular flexibility index (Phi) is 2.53. The van der Waals surface area contributed by atoms with Crippen molar-refractivity contribution in [3.8, 4) is 5.75 Å². The molecule has 3 heteroatoms. The van der Waals surface area contributed by atoms with Crippen molar-refractivity contribution >= 4 is 5.82 Å². The van der Waals surface area contributed by atoms with Crippen molar-refractivity contribution in [2.24, 2.45) is 0 Å². The van der Waals surface area contributed by atoms with Gasteiger partial charge in [-0.2, -0.15) is 0 Å². The molecule has 12 heavy (non-hydrogen) atoms. The van der Waals surface area contributed by atoms with E-state index in [4.69, 9.17) is 4.74 Å². The van der Waals surface area contributed by atoms with Gasteiger partial charge in [-0.15, -0.1) is 0 Å². The highest BCUT2D eigenvalue weighted by Gasteiger charge is 2.05. The van der Waals surface area contributed by atoms with Crippen LogP contribution in [-0.2, 0) is 0 Å². The Morgan fingerprint density at radius 3 is 2.58 bits per heavy atom. The molecule has 0 aliphatic rings. The number of hydrogen-bond donors (Lipinski definition) is 0. The predicted molar refractivity (Wildman–Crippen MR) is 49.9 cm³/mol. The molecule has 0 saturated carbocycles. The van der Waals surface area contributed by atoms with E-state index in [2.05, 4.69) is 4.98 Å². The molecule has 3 nitrogen and oxygen atoms in total. The first-order chi connectivity index (χ1) is 5.65. The summed E-state index contributed by atoms with van der Waals surface area (Å²) in [6.45, 7) is 2.00. The van der Waals surface area contributed by atoms with Crippen LogP contribution in [0.5, 0.6) is 5.75 Å². The first-order valence-corrected chi connectivity index (χ1v) is 3.83. The highest BCUT2D eigenvalue weighted by Crippen LogP contribution is 2.23. The largest absolute Gasteiger partial charge is 0.493 e. The van der Waals surface area contributed by atoms with E-state index in [1.54, 1.807) is 7.11 Å². The van der Waals surface area contributed by atoms with Crippen LogP contribution in [0.15, 0.2) is 12.3 Å². The highest BCUT2D eigenvalue weighted by atomic mass is 16.5. The van der Waals surface area contributed by atoms with Crippen LogP contribution in [0, 0.1) is 6.92 Å². The molecule has 0 aromatic carbocycles. The summed E-state index contributed by atoms with van der Waals surface area (Å²) in [5.41, 5.74) is 1.11. The topological polar surface area (TPSA) is 25.4 Å². The van der Waals surface area contributed by atoms with Gasteiger partial charge in [-0.3, -0.25) is 0 Å². The third-order valence-corrected chi connectivity index (χ3v) is 1.61. The van der Waals surface area contributed by atoms with Gasteiger partial charge in [0.15, 0.2) is 11.6 Å². The Labute approximate surface area is 73.0 Å². The molecule has 0 fully saturated rings. The first-order valence-electron chi connectivity index (χ1n) is 3.83. The summed E-state index contributed by atoms with van der Waals surface area (Å²) in [4.78, 5) is 6.18. The smallest absolute Gasteiger partial charge is 0.170 e. The van der Waals surface area contributed by atoms with Crippen molar-refractivity contribution in [1.82, 2.24) is 4.98 Å². The second kappa shape index (κ2) is 3.43. The standard InChI is InChI=1S/C9H14N2O/c1-7-5-8(12-4)9(10-6-7)11(2)3/h5-6H,1-4H3. The Bertz CT molecular complexity index is 271. The van der Waals surface area contributed by atoms with Crippen molar-refractivity contribution in [3.05, 3.63) is 17.8 Å². The Morgan fingerprint density at radius 1 is 1.42 bits per heavy atom. The zero-order valence-electron chi connectivity index (χ0n) is 7.96. The summed E-state index contributed by atoms with van der Waals surface area (Å²) in [6, 6.07) is 1.97. The van der Waals surface area contributed by atoms with E-state index >= 15 is 0 Å². The molecule has 1 rings (SSSR count). The third-order valence-electron chi connectivity index (χ3n) is 1.61. The second-order valence-corrected chi connectivity index (χ2v) is 2.93. The molecular weight excluding hydrogens is 152 g/mol. The van der Waals surface area contributed by atoms with Gasteiger partial charge < -0.3 is 9.64 Å². The number of methoxy groups -OCH3 is 1. The molecule has 0 bridgehead atoms. The van der Waals surface area contributed by atoms with Gasteiger partial charge in [0, 0.05) is 20.3 Å². The van der Waals surface area contributed by atoms with Gasteiger partial charge in [-0.05, 0) is 18.6 Å². The minimum absolute atomic E-state index is 0.819. The number of pyridine rings is 1. The molecule has 1 aromatic heterocycles. The van der Waals surface area contributed by atoms with Crippen molar-refractivity contribution in [2.45, 2.75) is 6.92 Å². The van der Waals surface area contributed by atoms with Crippen LogP contribution in [0.2, 0.25) is 0 Å². The Balaban J connectivity index is 3.11. The number of aryl methyl sites for hydroxylation is 1. The van der Waals surface area contributed by atoms with E-state index in [1.807, 2.05) is 38.2 Å². The van der Waals surface area contributed by atoms with E-state index in [-0.39, 0.29) is 0 Å². The fourth-order valence-electron chi connectivity index (χ4n) is 1.02. The normalized spacial score (nSPS) is 9.67.